The highest BCUT2D eigenvalue weighted by Gasteiger charge is 2.11. The van der Waals surface area contributed by atoms with E-state index in [1.807, 2.05) is 6.07 Å². The van der Waals surface area contributed by atoms with Crippen molar-refractivity contribution in [1.29, 1.82) is 5.26 Å². The van der Waals surface area contributed by atoms with Crippen LogP contribution in [0.2, 0.25) is 0 Å². The Morgan fingerprint density at radius 1 is 1.57 bits per heavy atom. The number of anilines is 1. The van der Waals surface area contributed by atoms with E-state index < -0.39 is 0 Å². The summed E-state index contributed by atoms with van der Waals surface area (Å²) in [5, 5.41) is 8.80. The van der Waals surface area contributed by atoms with Crippen LogP contribution in [0.15, 0.2) is 24.3 Å². The average molecular weight is 189 g/mol. The maximum absolute atomic E-state index is 11.3. The van der Waals surface area contributed by atoms with Gasteiger partial charge in [0.2, 0.25) is 5.91 Å². The van der Waals surface area contributed by atoms with Crippen LogP contribution < -0.4 is 10.6 Å². The zero-order chi connectivity index (χ0) is 10.6. The van der Waals surface area contributed by atoms with E-state index in [4.69, 9.17) is 11.0 Å². The fourth-order valence-corrected chi connectivity index (χ4v) is 1.13. The fourth-order valence-electron chi connectivity index (χ4n) is 1.13. The van der Waals surface area contributed by atoms with Gasteiger partial charge in [-0.1, -0.05) is 12.1 Å². The van der Waals surface area contributed by atoms with Crippen LogP contribution in [0.5, 0.6) is 0 Å². The molecule has 0 saturated heterocycles. The highest BCUT2D eigenvalue weighted by Crippen LogP contribution is 2.17. The summed E-state index contributed by atoms with van der Waals surface area (Å²) < 4.78 is 0. The number of rotatable bonds is 2. The van der Waals surface area contributed by atoms with Crippen LogP contribution in [0, 0.1) is 11.3 Å². The molecule has 0 fully saturated rings. The van der Waals surface area contributed by atoms with Crippen molar-refractivity contribution in [2.45, 2.75) is 0 Å². The van der Waals surface area contributed by atoms with Crippen molar-refractivity contribution >= 4 is 11.6 Å². The van der Waals surface area contributed by atoms with Crippen molar-refractivity contribution in [2.24, 2.45) is 5.73 Å². The molecule has 0 atom stereocenters. The molecule has 0 bridgehead atoms. The number of nitrogens with two attached hydrogens (primary N) is 1. The molecule has 0 unspecified atom stereocenters. The average Bonchev–Trinajstić information content (AvgIpc) is 2.26. The van der Waals surface area contributed by atoms with E-state index in [1.54, 1.807) is 31.3 Å². The van der Waals surface area contributed by atoms with E-state index in [9.17, 15) is 4.79 Å². The molecule has 0 saturated carbocycles. The first kappa shape index (κ1) is 10.2. The molecule has 1 aromatic rings. The first-order valence-electron chi connectivity index (χ1n) is 4.16. The minimum absolute atomic E-state index is 0.0593. The molecule has 14 heavy (non-hydrogen) atoms. The van der Waals surface area contributed by atoms with Gasteiger partial charge in [0.25, 0.3) is 0 Å². The van der Waals surface area contributed by atoms with Gasteiger partial charge in [-0.3, -0.25) is 4.79 Å². The van der Waals surface area contributed by atoms with E-state index in [-0.39, 0.29) is 12.5 Å². The first-order chi connectivity index (χ1) is 6.70. The van der Waals surface area contributed by atoms with Gasteiger partial charge < -0.3 is 10.6 Å². The quantitative estimate of drug-likeness (QED) is 0.735. The SMILES string of the molecule is CN(C(=O)CN)c1ccccc1C#N. The topological polar surface area (TPSA) is 70.1 Å². The molecule has 0 aliphatic carbocycles. The van der Waals surface area contributed by atoms with E-state index >= 15 is 0 Å². The minimum atomic E-state index is -0.215. The molecule has 0 aliphatic heterocycles. The third-order valence-corrected chi connectivity index (χ3v) is 1.93. The smallest absolute Gasteiger partial charge is 0.240 e. The van der Waals surface area contributed by atoms with E-state index in [0.29, 0.717) is 11.3 Å². The number of carbonyl (C=O) groups excluding carboxylic acids is 1. The first-order valence-corrected chi connectivity index (χ1v) is 4.16. The molecular formula is C10H11N3O. The van der Waals surface area contributed by atoms with Crippen LogP contribution in [0.25, 0.3) is 0 Å². The lowest BCUT2D eigenvalue weighted by atomic mass is 10.2. The Morgan fingerprint density at radius 2 is 2.21 bits per heavy atom. The summed E-state index contributed by atoms with van der Waals surface area (Å²) >= 11 is 0. The summed E-state index contributed by atoms with van der Waals surface area (Å²) in [4.78, 5) is 12.7. The second kappa shape index (κ2) is 4.40. The molecule has 1 rings (SSSR count). The molecule has 4 nitrogen and oxygen atoms in total. The molecule has 0 spiro atoms. The van der Waals surface area contributed by atoms with Gasteiger partial charge in [-0.2, -0.15) is 5.26 Å². The van der Waals surface area contributed by atoms with Gasteiger partial charge in [0.15, 0.2) is 0 Å². The lowest BCUT2D eigenvalue weighted by molar-refractivity contribution is -0.117. The molecule has 1 amide bonds. The summed E-state index contributed by atoms with van der Waals surface area (Å²) in [7, 11) is 1.60. The van der Waals surface area contributed by atoms with Crippen LogP contribution in [-0.2, 0) is 4.79 Å². The van der Waals surface area contributed by atoms with Crippen molar-refractivity contribution in [3.8, 4) is 6.07 Å². The summed E-state index contributed by atoms with van der Waals surface area (Å²) in [5.74, 6) is -0.215. The lowest BCUT2D eigenvalue weighted by Gasteiger charge is -2.17. The molecule has 4 heteroatoms. The number of carbonyl (C=O) groups is 1. The second-order valence-corrected chi connectivity index (χ2v) is 2.79. The van der Waals surface area contributed by atoms with Crippen molar-refractivity contribution in [3.05, 3.63) is 29.8 Å². The van der Waals surface area contributed by atoms with Gasteiger partial charge in [0.1, 0.15) is 6.07 Å². The van der Waals surface area contributed by atoms with Crippen molar-refractivity contribution in [1.82, 2.24) is 0 Å². The van der Waals surface area contributed by atoms with Crippen LogP contribution >= 0.6 is 0 Å². The predicted molar refractivity (Wildman–Crippen MR) is 53.6 cm³/mol. The predicted octanol–water partition coefficient (Wildman–Crippen LogP) is 0.480. The van der Waals surface area contributed by atoms with E-state index in [2.05, 4.69) is 0 Å². The van der Waals surface area contributed by atoms with Gasteiger partial charge in [0.05, 0.1) is 17.8 Å². The summed E-state index contributed by atoms with van der Waals surface area (Å²) in [6, 6.07) is 8.92. The Hall–Kier alpha value is -1.86. The molecule has 2 N–H and O–H groups in total. The van der Waals surface area contributed by atoms with Crippen LogP contribution in [0.4, 0.5) is 5.69 Å². The Morgan fingerprint density at radius 3 is 2.79 bits per heavy atom. The van der Waals surface area contributed by atoms with Crippen LogP contribution in [-0.4, -0.2) is 19.5 Å². The van der Waals surface area contributed by atoms with Gasteiger partial charge in [0, 0.05) is 7.05 Å². The second-order valence-electron chi connectivity index (χ2n) is 2.79. The van der Waals surface area contributed by atoms with Crippen LogP contribution in [0.3, 0.4) is 0 Å². The Kier molecular flexibility index (Phi) is 3.21. The van der Waals surface area contributed by atoms with E-state index in [0.717, 1.165) is 0 Å². The third-order valence-electron chi connectivity index (χ3n) is 1.93. The maximum atomic E-state index is 11.3. The molecule has 0 aliphatic rings. The summed E-state index contributed by atoms with van der Waals surface area (Å²) in [5.41, 5.74) is 6.29. The normalized spacial score (nSPS) is 9.21. The fraction of sp³-hybridized carbons (Fsp3) is 0.200. The molecule has 72 valence electrons. The number of nitrogens with zero attached hydrogens (tertiary/aromatic N) is 2. The lowest BCUT2D eigenvalue weighted by Crippen LogP contribution is -2.32. The third kappa shape index (κ3) is 1.90. The number of hydrogen-bond acceptors (Lipinski definition) is 3. The number of amides is 1. The number of para-hydroxylation sites is 1. The van der Waals surface area contributed by atoms with Crippen molar-refractivity contribution < 1.29 is 4.79 Å². The molecule has 0 radical (unpaired) electrons. The number of benzene rings is 1. The molecule has 0 aromatic heterocycles. The number of likely N-dealkylation sites (N-methyl/N-ethyl adjacent to an activating group) is 1. The minimum Gasteiger partial charge on any atom is -0.322 e. The van der Waals surface area contributed by atoms with Gasteiger partial charge >= 0.3 is 0 Å². The Labute approximate surface area is 82.5 Å². The molecule has 1 aromatic carbocycles. The summed E-state index contributed by atoms with van der Waals surface area (Å²) in [6.07, 6.45) is 0. The van der Waals surface area contributed by atoms with Crippen LogP contribution in [0.1, 0.15) is 5.56 Å². The highest BCUT2D eigenvalue weighted by molar-refractivity contribution is 5.95. The van der Waals surface area contributed by atoms with Crippen molar-refractivity contribution in [2.75, 3.05) is 18.5 Å². The number of hydrogen-bond donors (Lipinski definition) is 1. The zero-order valence-corrected chi connectivity index (χ0v) is 7.90. The number of nitriles is 1. The Balaban J connectivity index is 3.07. The molecule has 0 heterocycles. The largest absolute Gasteiger partial charge is 0.322 e. The molecular weight excluding hydrogens is 178 g/mol. The van der Waals surface area contributed by atoms with Crippen molar-refractivity contribution in [3.63, 3.8) is 0 Å². The van der Waals surface area contributed by atoms with Gasteiger partial charge in [-0.15, -0.1) is 0 Å². The van der Waals surface area contributed by atoms with E-state index in [1.165, 1.54) is 4.90 Å². The maximum Gasteiger partial charge on any atom is 0.240 e. The summed E-state index contributed by atoms with van der Waals surface area (Å²) in [6.45, 7) is -0.0593. The highest BCUT2D eigenvalue weighted by atomic mass is 16.2. The zero-order valence-electron chi connectivity index (χ0n) is 7.90. The Bertz CT molecular complexity index is 381. The monoisotopic (exact) mass is 189 g/mol. The standard InChI is InChI=1S/C10H11N3O/c1-13(10(14)7-12)9-5-3-2-4-8(9)6-11/h2-5H,7,12H2,1H3. The van der Waals surface area contributed by atoms with Gasteiger partial charge in [-0.25, -0.2) is 0 Å². The van der Waals surface area contributed by atoms with Gasteiger partial charge in [-0.05, 0) is 12.1 Å².